The van der Waals surface area contributed by atoms with Gasteiger partial charge in [-0.1, -0.05) is 36.4 Å². The van der Waals surface area contributed by atoms with Crippen LogP contribution in [-0.4, -0.2) is 67.4 Å². The molecule has 1 heterocycles. The molecule has 4 rings (SSSR count). The van der Waals surface area contributed by atoms with Crippen molar-refractivity contribution >= 4 is 16.8 Å². The monoisotopic (exact) mass is 501 g/mol. The second-order valence-corrected chi connectivity index (χ2v) is 9.24. The molecule has 1 amide bonds. The number of nitrogens with one attached hydrogen (secondary N) is 2. The Morgan fingerprint density at radius 2 is 1.84 bits per heavy atom. The van der Waals surface area contributed by atoms with Crippen LogP contribution in [0.15, 0.2) is 72.9 Å². The van der Waals surface area contributed by atoms with Crippen LogP contribution in [0.2, 0.25) is 0 Å². The molecule has 37 heavy (non-hydrogen) atoms. The zero-order valence-corrected chi connectivity index (χ0v) is 21.7. The Labute approximate surface area is 218 Å². The number of nitrogens with zero attached hydrogens (tertiary/aromatic N) is 1. The van der Waals surface area contributed by atoms with Crippen LogP contribution in [0.25, 0.3) is 22.0 Å². The van der Waals surface area contributed by atoms with Gasteiger partial charge in [0.15, 0.2) is 0 Å². The number of aliphatic hydroxyl groups excluding tert-OH is 1. The molecule has 0 fully saturated rings. The zero-order valence-electron chi connectivity index (χ0n) is 21.7. The largest absolute Gasteiger partial charge is 0.493 e. The van der Waals surface area contributed by atoms with Crippen molar-refractivity contribution < 1.29 is 19.4 Å². The topological polar surface area (TPSA) is 86.8 Å². The number of aromatic nitrogens is 1. The van der Waals surface area contributed by atoms with Crippen molar-refractivity contribution in [2.45, 2.75) is 19.4 Å². The Kier molecular flexibility index (Phi) is 8.82. The van der Waals surface area contributed by atoms with Crippen molar-refractivity contribution in [2.24, 2.45) is 0 Å². The molecule has 7 nitrogen and oxygen atoms in total. The summed E-state index contributed by atoms with van der Waals surface area (Å²) in [5.74, 6) is 0.992. The number of H-pyrrole nitrogens is 1. The molecule has 3 aromatic carbocycles. The maximum atomic E-state index is 13.4. The first-order valence-electron chi connectivity index (χ1n) is 12.6. The van der Waals surface area contributed by atoms with Gasteiger partial charge in [0.25, 0.3) is 5.91 Å². The number of fused-ring (bicyclic) bond motifs is 1. The van der Waals surface area contributed by atoms with E-state index in [-0.39, 0.29) is 12.5 Å². The third-order valence-electron chi connectivity index (χ3n) is 6.20. The average Bonchev–Trinajstić information content (AvgIpc) is 3.31. The molecular formula is C30H35N3O4. The predicted molar refractivity (Wildman–Crippen MR) is 147 cm³/mol. The fraction of sp³-hybridized carbons (Fsp3) is 0.300. The van der Waals surface area contributed by atoms with Crippen LogP contribution in [0.3, 0.4) is 0 Å². The van der Waals surface area contributed by atoms with Crippen molar-refractivity contribution in [3.8, 4) is 22.6 Å². The minimum Gasteiger partial charge on any atom is -0.493 e. The van der Waals surface area contributed by atoms with Gasteiger partial charge in [-0.05, 0) is 74.5 Å². The molecule has 0 saturated heterocycles. The second-order valence-electron chi connectivity index (χ2n) is 9.24. The van der Waals surface area contributed by atoms with Gasteiger partial charge >= 0.3 is 0 Å². The van der Waals surface area contributed by atoms with Crippen LogP contribution in [0.1, 0.15) is 22.8 Å². The van der Waals surface area contributed by atoms with Crippen molar-refractivity contribution in [3.63, 3.8) is 0 Å². The fourth-order valence-electron chi connectivity index (χ4n) is 4.27. The summed E-state index contributed by atoms with van der Waals surface area (Å²) in [6, 6.07) is 21.0. The van der Waals surface area contributed by atoms with Gasteiger partial charge in [0.05, 0.1) is 24.8 Å². The van der Waals surface area contributed by atoms with Gasteiger partial charge in [-0.3, -0.25) is 4.79 Å². The lowest BCUT2D eigenvalue weighted by atomic mass is 10.0. The number of rotatable bonds is 12. The Morgan fingerprint density at radius 1 is 1.03 bits per heavy atom. The molecule has 0 saturated carbocycles. The number of para-hydroxylation sites is 1. The Balaban J connectivity index is 1.54. The highest BCUT2D eigenvalue weighted by Gasteiger charge is 2.19. The number of hydrogen-bond donors (Lipinski definition) is 3. The average molecular weight is 502 g/mol. The highest BCUT2D eigenvalue weighted by Crippen LogP contribution is 2.29. The van der Waals surface area contributed by atoms with E-state index in [9.17, 15) is 9.90 Å². The lowest BCUT2D eigenvalue weighted by Gasteiger charge is -2.18. The smallest absolute Gasteiger partial charge is 0.255 e. The number of aromatic amines is 1. The van der Waals surface area contributed by atoms with Crippen LogP contribution in [0, 0.1) is 0 Å². The molecule has 1 atom stereocenters. The normalized spacial score (nSPS) is 12.0. The van der Waals surface area contributed by atoms with Crippen molar-refractivity contribution in [1.82, 2.24) is 15.2 Å². The first-order chi connectivity index (χ1) is 18.0. The summed E-state index contributed by atoms with van der Waals surface area (Å²) in [7, 11) is 4.02. The van der Waals surface area contributed by atoms with Gasteiger partial charge < -0.3 is 29.8 Å². The SMILES string of the molecule is CCOc1ccc(-c2cccc(OCCN(C)C)c2)cc1C(=O)N[C@@H](CO)Cc1c[nH]c2ccccc12. The van der Waals surface area contributed by atoms with E-state index >= 15 is 0 Å². The van der Waals surface area contributed by atoms with E-state index in [0.29, 0.717) is 30.9 Å². The summed E-state index contributed by atoms with van der Waals surface area (Å²) < 4.78 is 11.7. The highest BCUT2D eigenvalue weighted by atomic mass is 16.5. The number of amides is 1. The van der Waals surface area contributed by atoms with E-state index in [1.165, 1.54) is 0 Å². The standard InChI is InChI=1S/C30H35N3O4/c1-4-36-29-13-12-22(21-8-7-9-25(17-21)37-15-14-33(2)3)18-27(29)30(35)32-24(20-34)16-23-19-31-28-11-6-5-10-26(23)28/h5-13,17-19,24,31,34H,4,14-16,20H2,1-3H3,(H,32,35)/t24-/m1/s1. The van der Waals surface area contributed by atoms with E-state index in [1.807, 2.05) is 93.9 Å². The van der Waals surface area contributed by atoms with Crippen LogP contribution in [0.5, 0.6) is 11.5 Å². The molecule has 0 unspecified atom stereocenters. The molecule has 7 heteroatoms. The van der Waals surface area contributed by atoms with Crippen molar-refractivity contribution in [3.05, 3.63) is 84.1 Å². The number of ether oxygens (including phenoxy) is 2. The van der Waals surface area contributed by atoms with Crippen LogP contribution in [-0.2, 0) is 6.42 Å². The predicted octanol–water partition coefficient (Wildman–Crippen LogP) is 4.51. The number of hydrogen-bond acceptors (Lipinski definition) is 5. The maximum absolute atomic E-state index is 13.4. The molecular weight excluding hydrogens is 466 g/mol. The highest BCUT2D eigenvalue weighted by molar-refractivity contribution is 5.98. The van der Waals surface area contributed by atoms with Gasteiger partial charge in [0.2, 0.25) is 0 Å². The van der Waals surface area contributed by atoms with Gasteiger partial charge in [0, 0.05) is 23.6 Å². The number of likely N-dealkylation sites (N-methyl/N-ethyl adjacent to an activating group) is 1. The summed E-state index contributed by atoms with van der Waals surface area (Å²) >= 11 is 0. The molecule has 4 aromatic rings. The van der Waals surface area contributed by atoms with Crippen LogP contribution in [0.4, 0.5) is 0 Å². The summed E-state index contributed by atoms with van der Waals surface area (Å²) in [6.45, 7) is 3.56. The molecule has 0 spiro atoms. The maximum Gasteiger partial charge on any atom is 0.255 e. The van der Waals surface area contributed by atoms with Crippen LogP contribution >= 0.6 is 0 Å². The quantitative estimate of drug-likeness (QED) is 0.266. The summed E-state index contributed by atoms with van der Waals surface area (Å²) in [5.41, 5.74) is 4.32. The van der Waals surface area contributed by atoms with Crippen LogP contribution < -0.4 is 14.8 Å². The molecule has 194 valence electrons. The molecule has 3 N–H and O–H groups in total. The summed E-state index contributed by atoms with van der Waals surface area (Å²) in [5, 5.41) is 14.1. The zero-order chi connectivity index (χ0) is 26.2. The lowest BCUT2D eigenvalue weighted by Crippen LogP contribution is -2.39. The fourth-order valence-corrected chi connectivity index (χ4v) is 4.27. The third kappa shape index (κ3) is 6.70. The molecule has 0 aliphatic carbocycles. The van der Waals surface area contributed by atoms with E-state index in [4.69, 9.17) is 9.47 Å². The van der Waals surface area contributed by atoms with E-state index in [2.05, 4.69) is 15.2 Å². The minimum absolute atomic E-state index is 0.179. The molecule has 0 aliphatic rings. The molecule has 0 bridgehead atoms. The van der Waals surface area contributed by atoms with E-state index in [1.54, 1.807) is 0 Å². The second kappa shape index (κ2) is 12.4. The first-order valence-corrected chi connectivity index (χ1v) is 12.6. The number of carbonyl (C=O) groups is 1. The first kappa shape index (κ1) is 26.3. The molecule has 0 radical (unpaired) electrons. The van der Waals surface area contributed by atoms with Crippen molar-refractivity contribution in [1.29, 1.82) is 0 Å². The van der Waals surface area contributed by atoms with Gasteiger partial charge in [-0.25, -0.2) is 0 Å². The summed E-state index contributed by atoms with van der Waals surface area (Å²) in [4.78, 5) is 18.7. The van der Waals surface area contributed by atoms with E-state index < -0.39 is 6.04 Å². The molecule has 0 aliphatic heterocycles. The molecule has 1 aromatic heterocycles. The number of aliphatic hydroxyl groups is 1. The van der Waals surface area contributed by atoms with Gasteiger partial charge in [-0.15, -0.1) is 0 Å². The third-order valence-corrected chi connectivity index (χ3v) is 6.20. The Morgan fingerprint density at radius 3 is 2.62 bits per heavy atom. The number of carbonyl (C=O) groups excluding carboxylic acids is 1. The van der Waals surface area contributed by atoms with Crippen molar-refractivity contribution in [2.75, 3.05) is 40.5 Å². The van der Waals surface area contributed by atoms with Gasteiger partial charge in [-0.2, -0.15) is 0 Å². The van der Waals surface area contributed by atoms with Gasteiger partial charge in [0.1, 0.15) is 18.1 Å². The lowest BCUT2D eigenvalue weighted by molar-refractivity contribution is 0.0913. The Bertz CT molecular complexity index is 1330. The summed E-state index contributed by atoms with van der Waals surface area (Å²) in [6.07, 6.45) is 2.43. The Hall–Kier alpha value is -3.81. The van der Waals surface area contributed by atoms with E-state index in [0.717, 1.165) is 39.9 Å². The number of benzene rings is 3. The minimum atomic E-state index is -0.446.